The van der Waals surface area contributed by atoms with Gasteiger partial charge in [-0.05, 0) is 53.8 Å². The molecule has 3 rings (SSSR count). The molecule has 0 amide bonds. The van der Waals surface area contributed by atoms with Crippen LogP contribution in [0.2, 0.25) is 0 Å². The number of fused-ring (bicyclic) bond motifs is 1. The lowest BCUT2D eigenvalue weighted by molar-refractivity contribution is 0.627. The van der Waals surface area contributed by atoms with Crippen LogP contribution in [0.4, 0.5) is 10.1 Å². The van der Waals surface area contributed by atoms with E-state index in [1.165, 1.54) is 11.3 Å². The van der Waals surface area contributed by atoms with Crippen molar-refractivity contribution in [2.45, 2.75) is 13.3 Å². The molecule has 0 atom stereocenters. The van der Waals surface area contributed by atoms with Crippen LogP contribution in [-0.2, 0) is 6.42 Å². The van der Waals surface area contributed by atoms with Crippen molar-refractivity contribution in [3.8, 4) is 11.1 Å². The number of hydrogen-bond acceptors (Lipinski definition) is 1. The van der Waals surface area contributed by atoms with Crippen molar-refractivity contribution < 1.29 is 4.39 Å². The van der Waals surface area contributed by atoms with Gasteiger partial charge in [0.2, 0.25) is 0 Å². The molecular weight excluding hydrogens is 213 g/mol. The lowest BCUT2D eigenvalue weighted by Gasteiger charge is -2.06. The van der Waals surface area contributed by atoms with Crippen LogP contribution in [-0.4, -0.2) is 6.54 Å². The second kappa shape index (κ2) is 3.88. The number of halogens is 1. The highest BCUT2D eigenvalue weighted by Crippen LogP contribution is 2.29. The fourth-order valence-corrected chi connectivity index (χ4v) is 2.37. The van der Waals surface area contributed by atoms with Crippen LogP contribution in [0, 0.1) is 12.7 Å². The Bertz CT molecular complexity index is 555. The quantitative estimate of drug-likeness (QED) is 0.782. The van der Waals surface area contributed by atoms with Crippen molar-refractivity contribution in [2.75, 3.05) is 11.9 Å². The summed E-state index contributed by atoms with van der Waals surface area (Å²) < 4.78 is 13.4. The molecule has 0 unspecified atom stereocenters. The molecule has 2 aromatic rings. The zero-order valence-corrected chi connectivity index (χ0v) is 9.76. The third-order valence-corrected chi connectivity index (χ3v) is 3.20. The number of benzene rings is 2. The van der Waals surface area contributed by atoms with Crippen LogP contribution >= 0.6 is 0 Å². The van der Waals surface area contributed by atoms with Gasteiger partial charge in [-0.3, -0.25) is 0 Å². The summed E-state index contributed by atoms with van der Waals surface area (Å²) in [6.07, 6.45) is 1.08. The minimum Gasteiger partial charge on any atom is -0.384 e. The normalized spacial score (nSPS) is 13.3. The van der Waals surface area contributed by atoms with E-state index in [9.17, 15) is 4.39 Å². The number of hydrogen-bond donors (Lipinski definition) is 1. The molecule has 0 aromatic heterocycles. The maximum absolute atomic E-state index is 13.4. The maximum Gasteiger partial charge on any atom is 0.124 e. The van der Waals surface area contributed by atoms with Gasteiger partial charge in [-0.25, -0.2) is 4.39 Å². The highest BCUT2D eigenvalue weighted by molar-refractivity contribution is 5.71. The average Bonchev–Trinajstić information content (AvgIpc) is 2.74. The minimum absolute atomic E-state index is 0.173. The first-order valence-electron chi connectivity index (χ1n) is 5.87. The summed E-state index contributed by atoms with van der Waals surface area (Å²) in [5.74, 6) is -0.173. The van der Waals surface area contributed by atoms with Crippen LogP contribution in [0.1, 0.15) is 11.1 Å². The van der Waals surface area contributed by atoms with Crippen LogP contribution < -0.4 is 5.32 Å². The Morgan fingerprint density at radius 3 is 2.76 bits per heavy atom. The van der Waals surface area contributed by atoms with Gasteiger partial charge in [0.05, 0.1) is 0 Å². The Morgan fingerprint density at radius 1 is 1.06 bits per heavy atom. The monoisotopic (exact) mass is 227 g/mol. The van der Waals surface area contributed by atoms with E-state index in [2.05, 4.69) is 23.5 Å². The van der Waals surface area contributed by atoms with Crippen molar-refractivity contribution in [3.63, 3.8) is 0 Å². The summed E-state index contributed by atoms with van der Waals surface area (Å²) in [6.45, 7) is 2.92. The van der Waals surface area contributed by atoms with Crippen LogP contribution in [0.5, 0.6) is 0 Å². The number of anilines is 1. The second-order valence-corrected chi connectivity index (χ2v) is 4.57. The highest BCUT2D eigenvalue weighted by Gasteiger charge is 2.11. The Labute approximate surface area is 100 Å². The van der Waals surface area contributed by atoms with Gasteiger partial charge in [0.15, 0.2) is 0 Å². The molecule has 2 heteroatoms. The number of aryl methyl sites for hydroxylation is 1. The van der Waals surface area contributed by atoms with Crippen LogP contribution in [0.3, 0.4) is 0 Å². The van der Waals surface area contributed by atoms with Gasteiger partial charge < -0.3 is 5.32 Å². The van der Waals surface area contributed by atoms with E-state index in [0.717, 1.165) is 29.7 Å². The summed E-state index contributed by atoms with van der Waals surface area (Å²) in [6, 6.07) is 11.5. The van der Waals surface area contributed by atoms with Crippen LogP contribution in [0.15, 0.2) is 36.4 Å². The van der Waals surface area contributed by atoms with E-state index >= 15 is 0 Å². The summed E-state index contributed by atoms with van der Waals surface area (Å²) >= 11 is 0. The van der Waals surface area contributed by atoms with Gasteiger partial charge in [0.25, 0.3) is 0 Å². The van der Waals surface area contributed by atoms with Crippen molar-refractivity contribution >= 4 is 5.69 Å². The summed E-state index contributed by atoms with van der Waals surface area (Å²) in [5, 5.41) is 3.35. The molecule has 0 saturated carbocycles. The zero-order valence-electron chi connectivity index (χ0n) is 9.76. The number of rotatable bonds is 1. The van der Waals surface area contributed by atoms with Gasteiger partial charge in [0.1, 0.15) is 5.82 Å². The Morgan fingerprint density at radius 2 is 1.94 bits per heavy atom. The van der Waals surface area contributed by atoms with Crippen molar-refractivity contribution in [2.24, 2.45) is 0 Å². The smallest absolute Gasteiger partial charge is 0.124 e. The second-order valence-electron chi connectivity index (χ2n) is 4.57. The van der Waals surface area contributed by atoms with Crippen molar-refractivity contribution in [3.05, 3.63) is 53.3 Å². The van der Waals surface area contributed by atoms with Gasteiger partial charge in [-0.1, -0.05) is 18.2 Å². The molecule has 2 aromatic carbocycles. The molecule has 17 heavy (non-hydrogen) atoms. The molecule has 1 aliphatic heterocycles. The third kappa shape index (κ3) is 1.91. The third-order valence-electron chi connectivity index (χ3n) is 3.20. The van der Waals surface area contributed by atoms with E-state index in [1.807, 2.05) is 13.0 Å². The summed E-state index contributed by atoms with van der Waals surface area (Å²) in [5.41, 5.74) is 5.50. The molecule has 0 saturated heterocycles. The van der Waals surface area contributed by atoms with Crippen molar-refractivity contribution in [1.82, 2.24) is 0 Å². The maximum atomic E-state index is 13.4. The molecule has 0 radical (unpaired) electrons. The molecule has 1 N–H and O–H groups in total. The molecule has 0 aliphatic carbocycles. The predicted molar refractivity (Wildman–Crippen MR) is 68.8 cm³/mol. The first-order chi connectivity index (χ1) is 8.22. The lowest BCUT2D eigenvalue weighted by Crippen LogP contribution is -1.91. The highest BCUT2D eigenvalue weighted by atomic mass is 19.1. The average molecular weight is 227 g/mol. The molecule has 1 heterocycles. The van der Waals surface area contributed by atoms with Gasteiger partial charge in [-0.2, -0.15) is 0 Å². The fraction of sp³-hybridized carbons (Fsp3) is 0.200. The Kier molecular flexibility index (Phi) is 2.36. The van der Waals surface area contributed by atoms with E-state index in [4.69, 9.17) is 0 Å². The molecule has 0 bridgehead atoms. The van der Waals surface area contributed by atoms with Gasteiger partial charge in [0, 0.05) is 12.2 Å². The molecule has 0 fully saturated rings. The lowest BCUT2D eigenvalue weighted by atomic mass is 10.0. The van der Waals surface area contributed by atoms with Gasteiger partial charge >= 0.3 is 0 Å². The predicted octanol–water partition coefficient (Wildman–Crippen LogP) is 3.77. The Balaban J connectivity index is 2.09. The molecule has 1 nitrogen and oxygen atoms in total. The largest absolute Gasteiger partial charge is 0.384 e. The molecule has 1 aliphatic rings. The molecule has 0 spiro atoms. The standard InChI is InChI=1S/C15H14FN/c1-10-6-13(8-14(16)7-10)12-3-2-11-4-5-17-15(11)9-12/h2-3,6-9,17H,4-5H2,1H3. The van der Waals surface area contributed by atoms with E-state index in [1.54, 1.807) is 12.1 Å². The molecule has 86 valence electrons. The SMILES string of the molecule is Cc1cc(F)cc(-c2ccc3c(c2)NCC3)c1. The van der Waals surface area contributed by atoms with Gasteiger partial charge in [-0.15, -0.1) is 0 Å². The Hall–Kier alpha value is -1.83. The summed E-state index contributed by atoms with van der Waals surface area (Å²) in [7, 11) is 0. The van der Waals surface area contributed by atoms with E-state index in [-0.39, 0.29) is 5.82 Å². The van der Waals surface area contributed by atoms with Crippen LogP contribution in [0.25, 0.3) is 11.1 Å². The van der Waals surface area contributed by atoms with E-state index < -0.39 is 0 Å². The molecular formula is C15H14FN. The fourth-order valence-electron chi connectivity index (χ4n) is 2.37. The zero-order chi connectivity index (χ0) is 11.8. The van der Waals surface area contributed by atoms with E-state index in [0.29, 0.717) is 0 Å². The first kappa shape index (κ1) is 10.3. The number of nitrogens with one attached hydrogen (secondary N) is 1. The topological polar surface area (TPSA) is 12.0 Å². The first-order valence-corrected chi connectivity index (χ1v) is 5.87. The summed E-state index contributed by atoms with van der Waals surface area (Å²) in [4.78, 5) is 0. The minimum atomic E-state index is -0.173. The van der Waals surface area contributed by atoms with Crippen molar-refractivity contribution in [1.29, 1.82) is 0 Å².